The Bertz CT molecular complexity index is 572. The van der Waals surface area contributed by atoms with Gasteiger partial charge in [0.1, 0.15) is 12.0 Å². The highest BCUT2D eigenvalue weighted by Gasteiger charge is 2.45. The lowest BCUT2D eigenvalue weighted by molar-refractivity contribution is -0.171. The Morgan fingerprint density at radius 2 is 2.00 bits per heavy atom. The summed E-state index contributed by atoms with van der Waals surface area (Å²) in [6.45, 7) is 2.14. The van der Waals surface area contributed by atoms with Crippen LogP contribution < -0.4 is 10.6 Å². The molecule has 1 aromatic carbocycles. The van der Waals surface area contributed by atoms with Crippen molar-refractivity contribution < 1.29 is 22.8 Å². The van der Waals surface area contributed by atoms with E-state index in [9.17, 15) is 22.8 Å². The van der Waals surface area contributed by atoms with Gasteiger partial charge in [-0.05, 0) is 30.9 Å². The molecule has 2 amide bonds. The number of hydrogen-bond donors (Lipinski definition) is 2. The van der Waals surface area contributed by atoms with Crippen molar-refractivity contribution in [3.8, 4) is 0 Å². The van der Waals surface area contributed by atoms with Gasteiger partial charge in [-0.2, -0.15) is 13.2 Å². The Labute approximate surface area is 126 Å². The molecule has 4 nitrogen and oxygen atoms in total. The van der Waals surface area contributed by atoms with E-state index in [2.05, 4.69) is 5.32 Å². The maximum atomic E-state index is 12.5. The van der Waals surface area contributed by atoms with Gasteiger partial charge < -0.3 is 10.6 Å². The third-order valence-corrected chi connectivity index (χ3v) is 3.80. The summed E-state index contributed by atoms with van der Waals surface area (Å²) in [5.41, 5.74) is 1.90. The van der Waals surface area contributed by atoms with Gasteiger partial charge in [0.15, 0.2) is 0 Å². The normalized spacial score (nSPS) is 22.1. The van der Waals surface area contributed by atoms with Crippen molar-refractivity contribution in [2.75, 3.05) is 0 Å². The number of carbonyl (C=O) groups is 2. The fourth-order valence-electron chi connectivity index (χ4n) is 2.42. The van der Waals surface area contributed by atoms with Gasteiger partial charge in [-0.1, -0.05) is 24.3 Å². The fraction of sp³-hybridized carbons (Fsp3) is 0.467. The van der Waals surface area contributed by atoms with Gasteiger partial charge in [-0.25, -0.2) is 0 Å². The zero-order valence-electron chi connectivity index (χ0n) is 12.0. The molecule has 0 saturated carbocycles. The average molecular weight is 314 g/mol. The highest BCUT2D eigenvalue weighted by atomic mass is 19.4. The summed E-state index contributed by atoms with van der Waals surface area (Å²) in [7, 11) is 0. The third kappa shape index (κ3) is 3.78. The molecule has 1 saturated heterocycles. The van der Waals surface area contributed by atoms with Gasteiger partial charge in [-0.3, -0.25) is 9.59 Å². The Kier molecular flexibility index (Phi) is 4.73. The van der Waals surface area contributed by atoms with Gasteiger partial charge in [0.2, 0.25) is 11.8 Å². The van der Waals surface area contributed by atoms with Crippen LogP contribution in [0.25, 0.3) is 0 Å². The highest BCUT2D eigenvalue weighted by molar-refractivity contribution is 6.00. The number of nitrogens with one attached hydrogen (secondary N) is 2. The minimum absolute atomic E-state index is 0.102. The van der Waals surface area contributed by atoms with Crippen molar-refractivity contribution in [3.63, 3.8) is 0 Å². The summed E-state index contributed by atoms with van der Waals surface area (Å²) < 4.78 is 37.6. The standard InChI is InChI=1S/C15H17F3N2O2/c1-9-4-2-3-5-10(9)8-19-13(21)11-6-7-12(15(16,17)18)20-14(11)22/h2-5,11-12H,6-8H2,1H3,(H,19,21)(H,20,22)/t11-,12-/m1/s1. The molecular weight excluding hydrogens is 297 g/mol. The molecule has 2 rings (SSSR count). The van der Waals surface area contributed by atoms with E-state index in [1.54, 1.807) is 0 Å². The van der Waals surface area contributed by atoms with Crippen LogP contribution in [0.3, 0.4) is 0 Å². The van der Waals surface area contributed by atoms with Gasteiger partial charge in [0.25, 0.3) is 0 Å². The minimum Gasteiger partial charge on any atom is -0.351 e. The Hall–Kier alpha value is -2.05. The fourth-order valence-corrected chi connectivity index (χ4v) is 2.42. The first-order chi connectivity index (χ1) is 10.3. The number of aryl methyl sites for hydroxylation is 1. The van der Waals surface area contributed by atoms with Crippen molar-refractivity contribution in [3.05, 3.63) is 35.4 Å². The maximum absolute atomic E-state index is 12.5. The minimum atomic E-state index is -4.47. The smallest absolute Gasteiger partial charge is 0.351 e. The monoisotopic (exact) mass is 314 g/mol. The number of amides is 2. The molecule has 0 radical (unpaired) electrons. The first kappa shape index (κ1) is 16.3. The second-order valence-electron chi connectivity index (χ2n) is 5.38. The molecule has 1 aliphatic rings. The van der Waals surface area contributed by atoms with Crippen LogP contribution in [0.15, 0.2) is 24.3 Å². The van der Waals surface area contributed by atoms with Gasteiger partial charge >= 0.3 is 6.18 Å². The summed E-state index contributed by atoms with van der Waals surface area (Å²) in [4.78, 5) is 23.7. The summed E-state index contributed by atoms with van der Waals surface area (Å²) in [5.74, 6) is -2.47. The van der Waals surface area contributed by atoms with E-state index < -0.39 is 30.0 Å². The van der Waals surface area contributed by atoms with Crippen molar-refractivity contribution in [2.24, 2.45) is 5.92 Å². The molecule has 0 aromatic heterocycles. The van der Waals surface area contributed by atoms with Crippen molar-refractivity contribution in [2.45, 2.75) is 38.5 Å². The van der Waals surface area contributed by atoms with Crippen LogP contribution in [0.5, 0.6) is 0 Å². The zero-order chi connectivity index (χ0) is 16.3. The van der Waals surface area contributed by atoms with Gasteiger partial charge in [-0.15, -0.1) is 0 Å². The molecule has 1 aromatic rings. The van der Waals surface area contributed by atoms with Crippen molar-refractivity contribution in [1.29, 1.82) is 0 Å². The average Bonchev–Trinajstić information content (AvgIpc) is 2.45. The molecule has 7 heteroatoms. The number of carbonyl (C=O) groups excluding carboxylic acids is 2. The Balaban J connectivity index is 1.91. The maximum Gasteiger partial charge on any atom is 0.408 e. The topological polar surface area (TPSA) is 58.2 Å². The van der Waals surface area contributed by atoms with E-state index in [1.165, 1.54) is 0 Å². The van der Waals surface area contributed by atoms with Crippen molar-refractivity contribution >= 4 is 11.8 Å². The lowest BCUT2D eigenvalue weighted by Crippen LogP contribution is -2.54. The molecule has 2 atom stereocenters. The number of rotatable bonds is 3. The number of halogens is 3. The van der Waals surface area contributed by atoms with Gasteiger partial charge in [0, 0.05) is 6.54 Å². The first-order valence-electron chi connectivity index (χ1n) is 6.98. The van der Waals surface area contributed by atoms with Crippen LogP contribution >= 0.6 is 0 Å². The van der Waals surface area contributed by atoms with Gasteiger partial charge in [0.05, 0.1) is 0 Å². The quantitative estimate of drug-likeness (QED) is 0.839. The second-order valence-corrected chi connectivity index (χ2v) is 5.38. The molecule has 0 unspecified atom stereocenters. The molecule has 1 heterocycles. The molecule has 120 valence electrons. The highest BCUT2D eigenvalue weighted by Crippen LogP contribution is 2.28. The molecule has 1 fully saturated rings. The van der Waals surface area contributed by atoms with Crippen LogP contribution in [0.4, 0.5) is 13.2 Å². The molecular formula is C15H17F3N2O2. The number of benzene rings is 1. The van der Waals surface area contributed by atoms with Crippen LogP contribution in [-0.2, 0) is 16.1 Å². The zero-order valence-corrected chi connectivity index (χ0v) is 12.0. The third-order valence-electron chi connectivity index (χ3n) is 3.80. The van der Waals surface area contributed by atoms with E-state index in [1.807, 2.05) is 36.5 Å². The van der Waals surface area contributed by atoms with E-state index in [-0.39, 0.29) is 19.4 Å². The Morgan fingerprint density at radius 1 is 1.32 bits per heavy atom. The molecule has 0 bridgehead atoms. The summed E-state index contributed by atoms with van der Waals surface area (Å²) >= 11 is 0. The molecule has 0 spiro atoms. The molecule has 22 heavy (non-hydrogen) atoms. The van der Waals surface area contributed by atoms with E-state index in [4.69, 9.17) is 0 Å². The summed E-state index contributed by atoms with van der Waals surface area (Å²) in [5, 5.41) is 4.48. The lowest BCUT2D eigenvalue weighted by atomic mass is 9.92. The Morgan fingerprint density at radius 3 is 2.59 bits per heavy atom. The number of piperidine rings is 1. The van der Waals surface area contributed by atoms with Crippen molar-refractivity contribution in [1.82, 2.24) is 10.6 Å². The predicted molar refractivity (Wildman–Crippen MR) is 73.7 cm³/mol. The SMILES string of the molecule is Cc1ccccc1CNC(=O)[C@H]1CC[C@H](C(F)(F)F)NC1=O. The predicted octanol–water partition coefficient (Wildman–Crippen LogP) is 2.07. The summed E-state index contributed by atoms with van der Waals surface area (Å²) in [6, 6.07) is 5.57. The number of alkyl halides is 3. The van der Waals surface area contributed by atoms with E-state index in [0.717, 1.165) is 11.1 Å². The van der Waals surface area contributed by atoms with Crippen LogP contribution in [0.2, 0.25) is 0 Å². The first-order valence-corrected chi connectivity index (χ1v) is 6.98. The van der Waals surface area contributed by atoms with E-state index >= 15 is 0 Å². The number of hydrogen-bond acceptors (Lipinski definition) is 2. The van der Waals surface area contributed by atoms with Crippen LogP contribution in [-0.4, -0.2) is 24.0 Å². The van der Waals surface area contributed by atoms with Crippen LogP contribution in [0, 0.1) is 12.8 Å². The molecule has 1 aliphatic heterocycles. The lowest BCUT2D eigenvalue weighted by Gasteiger charge is -2.29. The molecule has 0 aliphatic carbocycles. The second kappa shape index (κ2) is 6.37. The molecule has 2 N–H and O–H groups in total. The largest absolute Gasteiger partial charge is 0.408 e. The van der Waals surface area contributed by atoms with E-state index in [0.29, 0.717) is 0 Å². The van der Waals surface area contributed by atoms with Crippen LogP contribution in [0.1, 0.15) is 24.0 Å². The summed E-state index contributed by atoms with van der Waals surface area (Å²) in [6.07, 6.45) is -4.86.